The van der Waals surface area contributed by atoms with Crippen molar-refractivity contribution in [3.05, 3.63) is 18.2 Å². The Morgan fingerprint density at radius 1 is 1.19 bits per heavy atom. The number of rotatable bonds is 5. The van der Waals surface area contributed by atoms with Gasteiger partial charge in [-0.1, -0.05) is 20.3 Å². The summed E-state index contributed by atoms with van der Waals surface area (Å²) < 4.78 is 34.8. The molecule has 0 radical (unpaired) electrons. The van der Waals surface area contributed by atoms with Crippen LogP contribution in [0.2, 0.25) is 0 Å². The van der Waals surface area contributed by atoms with Gasteiger partial charge in [0.1, 0.15) is 11.5 Å². The Morgan fingerprint density at radius 3 is 2.43 bits per heavy atom. The van der Waals surface area contributed by atoms with E-state index in [-0.39, 0.29) is 11.8 Å². The van der Waals surface area contributed by atoms with Gasteiger partial charge in [-0.15, -0.1) is 0 Å². The number of hydrogen-bond acceptors (Lipinski definition) is 3. The summed E-state index contributed by atoms with van der Waals surface area (Å²) in [5, 5.41) is 3.39. The smallest absolute Gasteiger partial charge is 0.387 e. The highest BCUT2D eigenvalue weighted by Gasteiger charge is 2.28. The summed E-state index contributed by atoms with van der Waals surface area (Å²) >= 11 is 0. The van der Waals surface area contributed by atoms with Crippen molar-refractivity contribution in [1.82, 2.24) is 0 Å². The fourth-order valence-corrected chi connectivity index (χ4v) is 3.09. The van der Waals surface area contributed by atoms with Crippen LogP contribution >= 0.6 is 0 Å². The molecule has 21 heavy (non-hydrogen) atoms. The molecule has 0 heterocycles. The molecule has 1 aromatic rings. The summed E-state index contributed by atoms with van der Waals surface area (Å²) in [6.07, 6.45) is 3.52. The third kappa shape index (κ3) is 3.99. The quantitative estimate of drug-likeness (QED) is 0.866. The number of alkyl halides is 2. The summed E-state index contributed by atoms with van der Waals surface area (Å²) in [6, 6.07) is 5.11. The zero-order valence-corrected chi connectivity index (χ0v) is 12.7. The standard InChI is InChI=1S/C16H23F2NO2/c1-10-5-4-6-11(2)15(10)19-13-9-12(20-3)7-8-14(13)21-16(17)18/h7-11,15-16,19H,4-6H2,1-3H3. The Kier molecular flexibility index (Phi) is 5.26. The van der Waals surface area contributed by atoms with E-state index < -0.39 is 6.61 Å². The van der Waals surface area contributed by atoms with E-state index in [2.05, 4.69) is 23.9 Å². The predicted octanol–water partition coefficient (Wildman–Crippen LogP) is 4.53. The molecule has 118 valence electrons. The topological polar surface area (TPSA) is 30.5 Å². The van der Waals surface area contributed by atoms with E-state index in [1.54, 1.807) is 19.2 Å². The van der Waals surface area contributed by atoms with Crippen molar-refractivity contribution in [3.63, 3.8) is 0 Å². The molecule has 3 nitrogen and oxygen atoms in total. The highest BCUT2D eigenvalue weighted by molar-refractivity contribution is 5.60. The van der Waals surface area contributed by atoms with Crippen LogP contribution in [0.15, 0.2) is 18.2 Å². The number of methoxy groups -OCH3 is 1. The molecule has 2 rings (SSSR count). The first-order chi connectivity index (χ1) is 10.0. The molecule has 0 spiro atoms. The van der Waals surface area contributed by atoms with E-state index in [1.165, 1.54) is 12.5 Å². The van der Waals surface area contributed by atoms with Gasteiger partial charge in [0.2, 0.25) is 0 Å². The van der Waals surface area contributed by atoms with E-state index in [0.717, 1.165) is 12.8 Å². The van der Waals surface area contributed by atoms with Crippen LogP contribution in [0.5, 0.6) is 11.5 Å². The number of benzene rings is 1. The van der Waals surface area contributed by atoms with Crippen LogP contribution in [0, 0.1) is 11.8 Å². The first-order valence-corrected chi connectivity index (χ1v) is 7.40. The van der Waals surface area contributed by atoms with Crippen LogP contribution in [0.25, 0.3) is 0 Å². The maximum Gasteiger partial charge on any atom is 0.387 e. The zero-order chi connectivity index (χ0) is 15.4. The summed E-state index contributed by atoms with van der Waals surface area (Å²) in [7, 11) is 1.55. The molecule has 0 saturated heterocycles. The van der Waals surface area contributed by atoms with Crippen LogP contribution in [0.4, 0.5) is 14.5 Å². The van der Waals surface area contributed by atoms with E-state index >= 15 is 0 Å². The summed E-state index contributed by atoms with van der Waals surface area (Å²) in [5.41, 5.74) is 0.570. The third-order valence-corrected chi connectivity index (χ3v) is 4.27. The monoisotopic (exact) mass is 299 g/mol. The lowest BCUT2D eigenvalue weighted by Gasteiger charge is -2.36. The normalized spacial score (nSPS) is 25.7. The Labute approximate surface area is 124 Å². The molecule has 0 bridgehead atoms. The lowest BCUT2D eigenvalue weighted by atomic mass is 9.78. The average Bonchev–Trinajstić information content (AvgIpc) is 2.44. The van der Waals surface area contributed by atoms with Gasteiger partial charge < -0.3 is 14.8 Å². The van der Waals surface area contributed by atoms with Crippen molar-refractivity contribution < 1.29 is 18.3 Å². The Hall–Kier alpha value is -1.52. The van der Waals surface area contributed by atoms with Crippen molar-refractivity contribution in [1.29, 1.82) is 0 Å². The molecule has 2 atom stereocenters. The predicted molar refractivity (Wildman–Crippen MR) is 79.2 cm³/mol. The first kappa shape index (κ1) is 15.9. The fourth-order valence-electron chi connectivity index (χ4n) is 3.09. The molecular formula is C16H23F2NO2. The van der Waals surface area contributed by atoms with E-state index in [1.807, 2.05) is 0 Å². The molecular weight excluding hydrogens is 276 g/mol. The highest BCUT2D eigenvalue weighted by Crippen LogP contribution is 2.36. The van der Waals surface area contributed by atoms with Crippen LogP contribution in [-0.2, 0) is 0 Å². The molecule has 0 aromatic heterocycles. The van der Waals surface area contributed by atoms with Gasteiger partial charge in [0.15, 0.2) is 0 Å². The summed E-state index contributed by atoms with van der Waals surface area (Å²) in [5.74, 6) is 1.78. The average molecular weight is 299 g/mol. The fraction of sp³-hybridized carbons (Fsp3) is 0.625. The molecule has 1 aliphatic rings. The summed E-state index contributed by atoms with van der Waals surface area (Å²) in [4.78, 5) is 0. The van der Waals surface area contributed by atoms with Gasteiger partial charge in [-0.3, -0.25) is 0 Å². The minimum absolute atomic E-state index is 0.163. The van der Waals surface area contributed by atoms with Crippen molar-refractivity contribution in [2.75, 3.05) is 12.4 Å². The largest absolute Gasteiger partial charge is 0.497 e. The van der Waals surface area contributed by atoms with Gasteiger partial charge in [0, 0.05) is 12.1 Å². The van der Waals surface area contributed by atoms with Gasteiger partial charge in [-0.25, -0.2) is 0 Å². The Morgan fingerprint density at radius 2 is 1.86 bits per heavy atom. The second kappa shape index (κ2) is 6.96. The molecule has 1 aromatic carbocycles. The van der Waals surface area contributed by atoms with Crippen molar-refractivity contribution in [2.24, 2.45) is 11.8 Å². The molecule has 1 fully saturated rings. The zero-order valence-electron chi connectivity index (χ0n) is 12.7. The van der Waals surface area contributed by atoms with Crippen LogP contribution < -0.4 is 14.8 Å². The number of nitrogens with one attached hydrogen (secondary N) is 1. The van der Waals surface area contributed by atoms with Gasteiger partial charge >= 0.3 is 6.61 Å². The minimum atomic E-state index is -2.83. The van der Waals surface area contributed by atoms with Crippen molar-refractivity contribution >= 4 is 5.69 Å². The van der Waals surface area contributed by atoms with E-state index in [9.17, 15) is 8.78 Å². The number of halogens is 2. The lowest BCUT2D eigenvalue weighted by Crippen LogP contribution is -2.37. The lowest BCUT2D eigenvalue weighted by molar-refractivity contribution is -0.0494. The van der Waals surface area contributed by atoms with E-state index in [0.29, 0.717) is 23.3 Å². The number of hydrogen-bond donors (Lipinski definition) is 1. The molecule has 2 unspecified atom stereocenters. The molecule has 0 aliphatic heterocycles. The summed E-state index contributed by atoms with van der Waals surface area (Å²) in [6.45, 7) is 1.56. The molecule has 1 aliphatic carbocycles. The molecule has 1 N–H and O–H groups in total. The van der Waals surface area contributed by atoms with Crippen molar-refractivity contribution in [2.45, 2.75) is 45.8 Å². The molecule has 0 amide bonds. The Balaban J connectivity index is 2.23. The second-order valence-corrected chi connectivity index (χ2v) is 5.80. The van der Waals surface area contributed by atoms with Gasteiger partial charge in [-0.2, -0.15) is 8.78 Å². The van der Waals surface area contributed by atoms with Gasteiger partial charge in [-0.05, 0) is 36.8 Å². The van der Waals surface area contributed by atoms with Crippen LogP contribution in [-0.4, -0.2) is 19.8 Å². The SMILES string of the molecule is COc1ccc(OC(F)F)c(NC2C(C)CCCC2C)c1. The van der Waals surface area contributed by atoms with Crippen LogP contribution in [0.3, 0.4) is 0 Å². The molecule has 5 heteroatoms. The third-order valence-electron chi connectivity index (χ3n) is 4.27. The van der Waals surface area contributed by atoms with Crippen LogP contribution in [0.1, 0.15) is 33.1 Å². The van der Waals surface area contributed by atoms with Crippen molar-refractivity contribution in [3.8, 4) is 11.5 Å². The molecule has 1 saturated carbocycles. The Bertz CT molecular complexity index is 458. The van der Waals surface area contributed by atoms with Gasteiger partial charge in [0.05, 0.1) is 12.8 Å². The van der Waals surface area contributed by atoms with Gasteiger partial charge in [0.25, 0.3) is 0 Å². The number of anilines is 1. The first-order valence-electron chi connectivity index (χ1n) is 7.40. The number of ether oxygens (including phenoxy) is 2. The van der Waals surface area contributed by atoms with E-state index in [4.69, 9.17) is 4.74 Å². The second-order valence-electron chi connectivity index (χ2n) is 5.80. The maximum atomic E-state index is 12.5. The maximum absolute atomic E-state index is 12.5. The highest BCUT2D eigenvalue weighted by atomic mass is 19.3. The minimum Gasteiger partial charge on any atom is -0.497 e.